The van der Waals surface area contributed by atoms with Gasteiger partial charge in [-0.2, -0.15) is 0 Å². The van der Waals surface area contributed by atoms with Gasteiger partial charge in [0, 0.05) is 12.6 Å². The number of urea groups is 1. The fourth-order valence-electron chi connectivity index (χ4n) is 3.98. The molecule has 2 amide bonds. The number of nitrogens with zero attached hydrogens (tertiary/aromatic N) is 1. The van der Waals surface area contributed by atoms with E-state index in [-0.39, 0.29) is 30.1 Å². The highest BCUT2D eigenvalue weighted by Crippen LogP contribution is 2.30. The molecule has 6 nitrogen and oxygen atoms in total. The number of morpholine rings is 1. The molecule has 1 heterocycles. The minimum atomic E-state index is -0.740. The van der Waals surface area contributed by atoms with Gasteiger partial charge in [-0.05, 0) is 38.5 Å². The molecule has 2 aliphatic carbocycles. The molecule has 4 atom stereocenters. The van der Waals surface area contributed by atoms with Crippen LogP contribution >= 0.6 is 0 Å². The van der Waals surface area contributed by atoms with Gasteiger partial charge in [-0.3, -0.25) is 4.79 Å². The highest BCUT2D eigenvalue weighted by Gasteiger charge is 2.39. The van der Waals surface area contributed by atoms with Gasteiger partial charge in [0.15, 0.2) is 0 Å². The van der Waals surface area contributed by atoms with E-state index in [1.165, 1.54) is 0 Å². The zero-order valence-corrected chi connectivity index (χ0v) is 12.3. The Morgan fingerprint density at radius 3 is 2.76 bits per heavy atom. The number of nitrogens with one attached hydrogen (secondary N) is 1. The number of carboxylic acids is 1. The molecule has 0 aromatic heterocycles. The predicted octanol–water partition coefficient (Wildman–Crippen LogP) is 1.59. The fraction of sp³-hybridized carbons (Fsp3) is 0.867. The van der Waals surface area contributed by atoms with Crippen LogP contribution in [-0.2, 0) is 9.53 Å². The number of rotatable bonds is 2. The lowest BCUT2D eigenvalue weighted by Gasteiger charge is -2.39. The van der Waals surface area contributed by atoms with Gasteiger partial charge in [-0.15, -0.1) is 0 Å². The number of carbonyl (C=O) groups excluding carboxylic acids is 1. The summed E-state index contributed by atoms with van der Waals surface area (Å²) in [6.45, 7) is 1.25. The molecule has 6 heteroatoms. The highest BCUT2D eigenvalue weighted by molar-refractivity contribution is 5.75. The van der Waals surface area contributed by atoms with Crippen molar-refractivity contribution in [3.05, 3.63) is 0 Å². The Morgan fingerprint density at radius 2 is 1.95 bits per heavy atom. The Bertz CT molecular complexity index is 414. The Kier molecular flexibility index (Phi) is 4.33. The highest BCUT2D eigenvalue weighted by atomic mass is 16.5. The van der Waals surface area contributed by atoms with Gasteiger partial charge in [0.2, 0.25) is 0 Å². The first-order valence-electron chi connectivity index (χ1n) is 8.06. The number of aliphatic carboxylic acids is 1. The monoisotopic (exact) mass is 296 g/mol. The van der Waals surface area contributed by atoms with Crippen molar-refractivity contribution >= 4 is 12.0 Å². The quantitative estimate of drug-likeness (QED) is 0.811. The molecule has 3 fully saturated rings. The molecular formula is C15H24N2O4. The second-order valence-electron chi connectivity index (χ2n) is 6.45. The van der Waals surface area contributed by atoms with Crippen molar-refractivity contribution in [2.45, 2.75) is 63.1 Å². The van der Waals surface area contributed by atoms with Crippen LogP contribution in [-0.4, -0.2) is 53.3 Å². The Balaban J connectivity index is 1.56. The van der Waals surface area contributed by atoms with Crippen molar-refractivity contribution in [1.82, 2.24) is 10.2 Å². The largest absolute Gasteiger partial charge is 0.481 e. The number of carbonyl (C=O) groups is 2. The number of fused-ring (bicyclic) bond motifs is 1. The van der Waals surface area contributed by atoms with Crippen LogP contribution in [0.3, 0.4) is 0 Å². The minimum absolute atomic E-state index is 0.00459. The van der Waals surface area contributed by atoms with Crippen LogP contribution in [0.4, 0.5) is 4.79 Å². The van der Waals surface area contributed by atoms with E-state index in [0.717, 1.165) is 38.5 Å². The third-order valence-corrected chi connectivity index (χ3v) is 5.09. The summed E-state index contributed by atoms with van der Waals surface area (Å²) in [5.74, 6) is -1.05. The summed E-state index contributed by atoms with van der Waals surface area (Å²) in [5, 5.41) is 12.2. The first kappa shape index (κ1) is 14.6. The molecule has 1 aliphatic heterocycles. The normalized spacial score (nSPS) is 36.1. The van der Waals surface area contributed by atoms with E-state index < -0.39 is 5.97 Å². The summed E-state index contributed by atoms with van der Waals surface area (Å²) in [4.78, 5) is 25.5. The molecule has 0 bridgehead atoms. The second kappa shape index (κ2) is 6.22. The fourth-order valence-corrected chi connectivity index (χ4v) is 3.98. The van der Waals surface area contributed by atoms with Gasteiger partial charge in [0.05, 0.1) is 24.7 Å². The van der Waals surface area contributed by atoms with E-state index in [2.05, 4.69) is 5.32 Å². The molecule has 3 rings (SSSR count). The van der Waals surface area contributed by atoms with Gasteiger partial charge >= 0.3 is 12.0 Å². The maximum Gasteiger partial charge on any atom is 0.318 e. The van der Waals surface area contributed by atoms with E-state index >= 15 is 0 Å². The van der Waals surface area contributed by atoms with Crippen LogP contribution in [0.5, 0.6) is 0 Å². The third-order valence-electron chi connectivity index (χ3n) is 5.09. The molecule has 3 aliphatic rings. The summed E-state index contributed by atoms with van der Waals surface area (Å²) in [7, 11) is 0. The first-order chi connectivity index (χ1) is 10.1. The van der Waals surface area contributed by atoms with Crippen LogP contribution in [0.2, 0.25) is 0 Å². The molecule has 0 radical (unpaired) electrons. The maximum atomic E-state index is 12.5. The number of carboxylic acid groups (broad SMARTS) is 1. The van der Waals surface area contributed by atoms with Gasteiger partial charge < -0.3 is 20.1 Å². The molecule has 2 saturated carbocycles. The lowest BCUT2D eigenvalue weighted by molar-refractivity contribution is -0.143. The summed E-state index contributed by atoms with van der Waals surface area (Å²) in [6, 6.07) is 0.166. The van der Waals surface area contributed by atoms with Crippen molar-refractivity contribution < 1.29 is 19.4 Å². The summed E-state index contributed by atoms with van der Waals surface area (Å²) >= 11 is 0. The van der Waals surface area contributed by atoms with E-state index in [0.29, 0.717) is 19.6 Å². The van der Waals surface area contributed by atoms with E-state index in [4.69, 9.17) is 9.84 Å². The van der Waals surface area contributed by atoms with Crippen LogP contribution in [0.25, 0.3) is 0 Å². The summed E-state index contributed by atoms with van der Waals surface area (Å²) < 4.78 is 5.72. The van der Waals surface area contributed by atoms with Crippen molar-refractivity contribution in [3.8, 4) is 0 Å². The summed E-state index contributed by atoms with van der Waals surface area (Å²) in [6.07, 6.45) is 6.40. The number of amides is 2. The van der Waals surface area contributed by atoms with E-state index in [1.807, 2.05) is 4.90 Å². The number of hydrogen-bond acceptors (Lipinski definition) is 3. The average molecular weight is 296 g/mol. The lowest BCUT2D eigenvalue weighted by atomic mass is 9.86. The SMILES string of the molecule is O=C(O)C1CCCC(NC(=O)N2CCOC3CCCC32)C1. The molecule has 1 saturated heterocycles. The molecule has 0 spiro atoms. The van der Waals surface area contributed by atoms with Gasteiger partial charge in [0.25, 0.3) is 0 Å². The maximum absolute atomic E-state index is 12.5. The number of ether oxygens (including phenoxy) is 1. The van der Waals surface area contributed by atoms with Crippen LogP contribution in [0.15, 0.2) is 0 Å². The first-order valence-corrected chi connectivity index (χ1v) is 8.06. The van der Waals surface area contributed by atoms with Crippen LogP contribution in [0, 0.1) is 5.92 Å². The third kappa shape index (κ3) is 3.15. The van der Waals surface area contributed by atoms with Crippen molar-refractivity contribution in [2.75, 3.05) is 13.2 Å². The standard InChI is InChI=1S/C15H24N2O4/c18-14(19)10-3-1-4-11(9-10)16-15(20)17-7-8-21-13-6-2-5-12(13)17/h10-13H,1-9H2,(H,16,20)(H,18,19). The molecule has 0 aromatic carbocycles. The Morgan fingerprint density at radius 1 is 1.14 bits per heavy atom. The van der Waals surface area contributed by atoms with Crippen LogP contribution in [0.1, 0.15) is 44.9 Å². The van der Waals surface area contributed by atoms with Crippen molar-refractivity contribution in [1.29, 1.82) is 0 Å². The van der Waals surface area contributed by atoms with Gasteiger partial charge in [-0.1, -0.05) is 6.42 Å². The van der Waals surface area contributed by atoms with Crippen LogP contribution < -0.4 is 5.32 Å². The molecule has 118 valence electrons. The minimum Gasteiger partial charge on any atom is -0.481 e. The topological polar surface area (TPSA) is 78.9 Å². The molecule has 0 aromatic rings. The van der Waals surface area contributed by atoms with Gasteiger partial charge in [-0.25, -0.2) is 4.79 Å². The number of hydrogen-bond donors (Lipinski definition) is 2. The second-order valence-corrected chi connectivity index (χ2v) is 6.45. The smallest absolute Gasteiger partial charge is 0.318 e. The Labute approximate surface area is 124 Å². The van der Waals surface area contributed by atoms with Crippen molar-refractivity contribution in [2.24, 2.45) is 5.92 Å². The predicted molar refractivity (Wildman–Crippen MR) is 76.0 cm³/mol. The van der Waals surface area contributed by atoms with Crippen molar-refractivity contribution in [3.63, 3.8) is 0 Å². The molecule has 4 unspecified atom stereocenters. The lowest BCUT2D eigenvalue weighted by Crippen LogP contribution is -2.56. The zero-order chi connectivity index (χ0) is 14.8. The van der Waals surface area contributed by atoms with Gasteiger partial charge in [0.1, 0.15) is 0 Å². The zero-order valence-electron chi connectivity index (χ0n) is 12.3. The molecular weight excluding hydrogens is 272 g/mol. The molecule has 2 N–H and O–H groups in total. The molecule has 21 heavy (non-hydrogen) atoms. The Hall–Kier alpha value is -1.30. The van der Waals surface area contributed by atoms with E-state index in [1.54, 1.807) is 0 Å². The van der Waals surface area contributed by atoms with E-state index in [9.17, 15) is 9.59 Å². The average Bonchev–Trinajstić information content (AvgIpc) is 2.95. The summed E-state index contributed by atoms with van der Waals surface area (Å²) in [5.41, 5.74) is 0.